The van der Waals surface area contributed by atoms with Gasteiger partial charge < -0.3 is 9.84 Å². The number of sulfone groups is 1. The summed E-state index contributed by atoms with van der Waals surface area (Å²) in [7, 11) is -4.41. The fraction of sp³-hybridized carbons (Fsp3) is 0.276. The maximum Gasteiger partial charge on any atom is 0.296 e. The third-order valence-corrected chi connectivity index (χ3v) is 8.10. The largest absolute Gasteiger partial charge is 0.493 e. The number of aryl methyl sites for hydroxylation is 1. The third-order valence-electron chi connectivity index (χ3n) is 6.31. The first kappa shape index (κ1) is 27.2. The minimum Gasteiger partial charge on any atom is -0.493 e. The Kier molecular flexibility index (Phi) is 8.08. The van der Waals surface area contributed by atoms with Gasteiger partial charge >= 0.3 is 0 Å². The second-order valence-corrected chi connectivity index (χ2v) is 11.1. The number of rotatable bonds is 9. The number of ether oxygens (including phenoxy) is 1. The Labute approximate surface area is 222 Å². The zero-order chi connectivity index (χ0) is 27.4. The van der Waals surface area contributed by atoms with Crippen LogP contribution in [0.3, 0.4) is 0 Å². The molecule has 8 nitrogen and oxygen atoms in total. The van der Waals surface area contributed by atoms with Crippen LogP contribution in [0.25, 0.3) is 11.1 Å². The Morgan fingerprint density at radius 3 is 2.29 bits per heavy atom. The Morgan fingerprint density at radius 2 is 1.68 bits per heavy atom. The van der Waals surface area contributed by atoms with E-state index in [1.54, 1.807) is 24.4 Å². The van der Waals surface area contributed by atoms with Crippen LogP contribution in [0.15, 0.2) is 87.5 Å². The molecule has 1 atom stereocenters. The van der Waals surface area contributed by atoms with Crippen LogP contribution in [-0.4, -0.2) is 34.2 Å². The molecule has 0 amide bonds. The lowest BCUT2D eigenvalue weighted by molar-refractivity contribution is 0.0571. The van der Waals surface area contributed by atoms with E-state index in [1.165, 1.54) is 16.7 Å². The summed E-state index contributed by atoms with van der Waals surface area (Å²) in [6, 6.07) is 18.7. The maximum atomic E-state index is 13.7. The van der Waals surface area contributed by atoms with Crippen LogP contribution < -0.4 is 5.56 Å². The van der Waals surface area contributed by atoms with E-state index in [4.69, 9.17) is 4.74 Å². The lowest BCUT2D eigenvalue weighted by atomic mass is 10.0. The number of hydrogen-bond donors (Lipinski definition) is 1. The highest BCUT2D eigenvalue weighted by molar-refractivity contribution is 7.91. The minimum absolute atomic E-state index is 0.0662. The van der Waals surface area contributed by atoms with Crippen molar-refractivity contribution in [1.29, 1.82) is 0 Å². The molecule has 0 saturated carbocycles. The number of pyridine rings is 1. The lowest BCUT2D eigenvalue weighted by Gasteiger charge is -2.25. The average molecular weight is 534 g/mol. The summed E-state index contributed by atoms with van der Waals surface area (Å²) in [5.41, 5.74) is 2.26. The molecule has 4 rings (SSSR count). The fourth-order valence-electron chi connectivity index (χ4n) is 4.42. The van der Waals surface area contributed by atoms with Gasteiger partial charge in [-0.1, -0.05) is 55.5 Å². The Morgan fingerprint density at radius 1 is 1.00 bits per heavy atom. The van der Waals surface area contributed by atoms with Crippen LogP contribution in [0.1, 0.15) is 50.3 Å². The molecule has 2 aromatic heterocycles. The molecule has 1 N–H and O–H groups in total. The molecule has 0 radical (unpaired) electrons. The second-order valence-electron chi connectivity index (χ2n) is 9.21. The molecule has 9 heteroatoms. The molecule has 0 aliphatic carbocycles. The molecule has 0 aliphatic heterocycles. The molecule has 0 spiro atoms. The molecule has 4 aromatic rings. The van der Waals surface area contributed by atoms with Gasteiger partial charge in [-0.25, -0.2) is 8.42 Å². The number of benzene rings is 2. The van der Waals surface area contributed by atoms with Crippen LogP contribution in [0.2, 0.25) is 0 Å². The molecule has 198 valence electrons. The van der Waals surface area contributed by atoms with Gasteiger partial charge in [-0.15, -0.1) is 0 Å². The van der Waals surface area contributed by atoms with Gasteiger partial charge in [0.2, 0.25) is 15.7 Å². The summed E-state index contributed by atoms with van der Waals surface area (Å²) in [5.74, 6) is -0.506. The van der Waals surface area contributed by atoms with E-state index in [0.29, 0.717) is 6.42 Å². The molecular weight excluding hydrogens is 502 g/mol. The summed E-state index contributed by atoms with van der Waals surface area (Å²) in [6.45, 7) is 7.39. The molecule has 0 aliphatic rings. The van der Waals surface area contributed by atoms with E-state index in [2.05, 4.69) is 9.97 Å². The van der Waals surface area contributed by atoms with Gasteiger partial charge in [-0.3, -0.25) is 14.3 Å². The van der Waals surface area contributed by atoms with Gasteiger partial charge in [-0.05, 0) is 56.5 Å². The topological polar surface area (TPSA) is 111 Å². The molecular formula is C29H31N3O5S. The van der Waals surface area contributed by atoms with Crippen LogP contribution in [0.4, 0.5) is 0 Å². The summed E-state index contributed by atoms with van der Waals surface area (Å²) >= 11 is 0. The van der Waals surface area contributed by atoms with E-state index >= 15 is 0 Å². The van der Waals surface area contributed by atoms with E-state index < -0.39 is 32.2 Å². The second kappa shape index (κ2) is 11.3. The third kappa shape index (κ3) is 5.39. The summed E-state index contributed by atoms with van der Waals surface area (Å²) < 4.78 is 34.5. The minimum atomic E-state index is -4.41. The van der Waals surface area contributed by atoms with Crippen molar-refractivity contribution in [3.8, 4) is 17.0 Å². The Bertz CT molecular complexity index is 1580. The normalized spacial score (nSPS) is 12.6. The number of aromatic nitrogens is 3. The van der Waals surface area contributed by atoms with Gasteiger partial charge in [0, 0.05) is 17.5 Å². The first-order valence-electron chi connectivity index (χ1n) is 12.4. The van der Waals surface area contributed by atoms with Crippen molar-refractivity contribution in [2.45, 2.75) is 62.7 Å². The first-order valence-corrected chi connectivity index (χ1v) is 13.9. The number of nitrogens with zero attached hydrogens (tertiary/aromatic N) is 3. The predicted octanol–water partition coefficient (Wildman–Crippen LogP) is 5.08. The van der Waals surface area contributed by atoms with Gasteiger partial charge in [0.05, 0.1) is 17.0 Å². The molecule has 38 heavy (non-hydrogen) atoms. The van der Waals surface area contributed by atoms with Crippen molar-refractivity contribution < 1.29 is 18.3 Å². The van der Waals surface area contributed by atoms with Gasteiger partial charge in [0.15, 0.2) is 4.90 Å². The molecule has 0 fully saturated rings. The standard InChI is InChI=1S/C29H31N3O5S/c1-5-25(22-10-7-6-8-11-22)32-26(18-37-19(2)3)31-28(33)27(29(32)34)38(35,36)23-15-13-21(14-16-23)24-12-9-17-30-20(24)4/h6-17,19,25,34H,5,18H2,1-4H3. The van der Waals surface area contributed by atoms with Crippen molar-refractivity contribution in [2.24, 2.45) is 0 Å². The monoisotopic (exact) mass is 533 g/mol. The van der Waals surface area contributed by atoms with Crippen LogP contribution in [-0.2, 0) is 21.2 Å². The molecule has 2 aromatic carbocycles. The van der Waals surface area contributed by atoms with E-state index in [-0.39, 0.29) is 23.4 Å². The van der Waals surface area contributed by atoms with Crippen molar-refractivity contribution in [3.63, 3.8) is 0 Å². The Hall–Kier alpha value is -3.82. The number of aromatic hydroxyl groups is 1. The highest BCUT2D eigenvalue weighted by Crippen LogP contribution is 2.34. The summed E-state index contributed by atoms with van der Waals surface area (Å²) in [5, 5.41) is 11.4. The van der Waals surface area contributed by atoms with Crippen molar-refractivity contribution in [3.05, 3.63) is 100 Å². The van der Waals surface area contributed by atoms with Crippen molar-refractivity contribution in [2.75, 3.05) is 0 Å². The lowest BCUT2D eigenvalue weighted by Crippen LogP contribution is -2.28. The molecule has 0 bridgehead atoms. The quantitative estimate of drug-likeness (QED) is 0.319. The molecule has 2 heterocycles. The van der Waals surface area contributed by atoms with Crippen LogP contribution in [0, 0.1) is 6.92 Å². The predicted molar refractivity (Wildman–Crippen MR) is 145 cm³/mol. The summed E-state index contributed by atoms with van der Waals surface area (Å²) in [6.07, 6.45) is 2.03. The van der Waals surface area contributed by atoms with E-state index in [9.17, 15) is 18.3 Å². The first-order chi connectivity index (χ1) is 18.1. The Balaban J connectivity index is 1.86. The van der Waals surface area contributed by atoms with Gasteiger partial charge in [0.25, 0.3) is 5.56 Å². The van der Waals surface area contributed by atoms with Crippen LogP contribution in [0.5, 0.6) is 5.88 Å². The van der Waals surface area contributed by atoms with Crippen LogP contribution >= 0.6 is 0 Å². The van der Waals surface area contributed by atoms with Gasteiger partial charge in [0.1, 0.15) is 12.4 Å². The van der Waals surface area contributed by atoms with Crippen molar-refractivity contribution in [1.82, 2.24) is 14.5 Å². The van der Waals surface area contributed by atoms with Crippen molar-refractivity contribution >= 4 is 9.84 Å². The molecule has 1 unspecified atom stereocenters. The zero-order valence-corrected chi connectivity index (χ0v) is 22.6. The molecule has 0 saturated heterocycles. The smallest absolute Gasteiger partial charge is 0.296 e. The fourth-order valence-corrected chi connectivity index (χ4v) is 5.76. The SMILES string of the molecule is CCC(c1ccccc1)n1c(COC(C)C)nc(=O)c(S(=O)(=O)c2ccc(-c3cccnc3C)cc2)c1O. The van der Waals surface area contributed by atoms with E-state index in [0.717, 1.165) is 22.4 Å². The summed E-state index contributed by atoms with van der Waals surface area (Å²) in [4.78, 5) is 20.6. The highest BCUT2D eigenvalue weighted by atomic mass is 32.2. The van der Waals surface area contributed by atoms with E-state index in [1.807, 2.05) is 64.1 Å². The van der Waals surface area contributed by atoms with Gasteiger partial charge in [-0.2, -0.15) is 4.98 Å². The number of hydrogen-bond acceptors (Lipinski definition) is 7. The highest BCUT2D eigenvalue weighted by Gasteiger charge is 2.32. The zero-order valence-electron chi connectivity index (χ0n) is 21.8. The maximum absolute atomic E-state index is 13.7. The average Bonchev–Trinajstić information content (AvgIpc) is 2.90.